The van der Waals surface area contributed by atoms with E-state index in [1.165, 1.54) is 7.11 Å². The highest BCUT2D eigenvalue weighted by atomic mass is 16.5. The monoisotopic (exact) mass is 397 g/mol. The number of hydrogen-bond acceptors (Lipinski definition) is 5. The number of benzene rings is 2. The van der Waals surface area contributed by atoms with Crippen LogP contribution in [0.3, 0.4) is 0 Å². The molecular weight excluding hydrogens is 374 g/mol. The fourth-order valence-electron chi connectivity index (χ4n) is 2.56. The summed E-state index contributed by atoms with van der Waals surface area (Å²) in [5.74, 6) is 0.0403. The molecule has 3 amide bonds. The number of carbonyl (C=O) groups excluding carboxylic acids is 3. The van der Waals surface area contributed by atoms with Gasteiger partial charge in [0.15, 0.2) is 6.61 Å². The zero-order valence-corrected chi connectivity index (χ0v) is 16.1. The van der Waals surface area contributed by atoms with E-state index >= 15 is 0 Å². The van der Waals surface area contributed by atoms with Crippen molar-refractivity contribution in [3.05, 3.63) is 48.5 Å². The molecule has 0 radical (unpaired) electrons. The van der Waals surface area contributed by atoms with Gasteiger partial charge in [0.2, 0.25) is 11.8 Å². The van der Waals surface area contributed by atoms with Gasteiger partial charge >= 0.3 is 0 Å². The summed E-state index contributed by atoms with van der Waals surface area (Å²) in [7, 11) is 1.45. The Morgan fingerprint density at radius 3 is 2.07 bits per heavy atom. The van der Waals surface area contributed by atoms with Crippen LogP contribution in [0.2, 0.25) is 0 Å². The SMILES string of the molecule is COCC(=O)Nc1ccc(NC(=O)COc2cccc(NC(=O)C3CC3)c2)cc1. The molecule has 1 saturated carbocycles. The fraction of sp³-hybridized carbons (Fsp3) is 0.286. The number of amides is 3. The van der Waals surface area contributed by atoms with Gasteiger partial charge in [-0.1, -0.05) is 6.07 Å². The Kier molecular flexibility index (Phi) is 6.80. The van der Waals surface area contributed by atoms with Crippen molar-refractivity contribution < 1.29 is 23.9 Å². The number of hydrogen-bond donors (Lipinski definition) is 3. The Morgan fingerprint density at radius 1 is 0.862 bits per heavy atom. The van der Waals surface area contributed by atoms with Crippen molar-refractivity contribution in [1.82, 2.24) is 0 Å². The van der Waals surface area contributed by atoms with Crippen LogP contribution in [-0.2, 0) is 19.1 Å². The van der Waals surface area contributed by atoms with Crippen LogP contribution in [0.1, 0.15) is 12.8 Å². The molecule has 29 heavy (non-hydrogen) atoms. The van der Waals surface area contributed by atoms with E-state index in [-0.39, 0.29) is 36.9 Å². The summed E-state index contributed by atoms with van der Waals surface area (Å²) in [5, 5.41) is 8.23. The van der Waals surface area contributed by atoms with Crippen LogP contribution in [0.25, 0.3) is 0 Å². The molecule has 0 saturated heterocycles. The quantitative estimate of drug-likeness (QED) is 0.603. The maximum Gasteiger partial charge on any atom is 0.262 e. The summed E-state index contributed by atoms with van der Waals surface area (Å²) < 4.78 is 10.3. The topological polar surface area (TPSA) is 106 Å². The van der Waals surface area contributed by atoms with Crippen LogP contribution in [0.5, 0.6) is 5.75 Å². The van der Waals surface area contributed by atoms with Crippen molar-refractivity contribution in [2.45, 2.75) is 12.8 Å². The van der Waals surface area contributed by atoms with Gasteiger partial charge in [0.25, 0.3) is 5.91 Å². The van der Waals surface area contributed by atoms with E-state index in [0.29, 0.717) is 22.8 Å². The van der Waals surface area contributed by atoms with E-state index < -0.39 is 0 Å². The largest absolute Gasteiger partial charge is 0.484 e. The van der Waals surface area contributed by atoms with Gasteiger partial charge in [-0.3, -0.25) is 14.4 Å². The molecule has 2 aromatic rings. The lowest BCUT2D eigenvalue weighted by Crippen LogP contribution is -2.20. The molecule has 0 heterocycles. The molecule has 1 aliphatic rings. The summed E-state index contributed by atoms with van der Waals surface area (Å²) in [4.78, 5) is 35.4. The lowest BCUT2D eigenvalue weighted by atomic mass is 10.2. The first-order valence-electron chi connectivity index (χ1n) is 9.26. The number of nitrogens with one attached hydrogen (secondary N) is 3. The minimum Gasteiger partial charge on any atom is -0.484 e. The molecule has 0 unspecified atom stereocenters. The molecule has 0 spiro atoms. The summed E-state index contributed by atoms with van der Waals surface area (Å²) >= 11 is 0. The Balaban J connectivity index is 1.46. The smallest absolute Gasteiger partial charge is 0.262 e. The highest BCUT2D eigenvalue weighted by Gasteiger charge is 2.29. The van der Waals surface area contributed by atoms with Gasteiger partial charge in [-0.25, -0.2) is 0 Å². The van der Waals surface area contributed by atoms with Crippen LogP contribution >= 0.6 is 0 Å². The van der Waals surface area contributed by atoms with Crippen molar-refractivity contribution in [1.29, 1.82) is 0 Å². The molecule has 3 rings (SSSR count). The van der Waals surface area contributed by atoms with E-state index in [9.17, 15) is 14.4 Å². The van der Waals surface area contributed by atoms with Gasteiger partial charge in [0, 0.05) is 36.2 Å². The molecule has 0 bridgehead atoms. The third kappa shape index (κ3) is 6.62. The van der Waals surface area contributed by atoms with Gasteiger partial charge in [-0.15, -0.1) is 0 Å². The van der Waals surface area contributed by atoms with E-state index in [1.54, 1.807) is 48.5 Å². The molecule has 3 N–H and O–H groups in total. The minimum absolute atomic E-state index is 0.0155. The van der Waals surface area contributed by atoms with E-state index in [4.69, 9.17) is 9.47 Å². The molecule has 1 fully saturated rings. The van der Waals surface area contributed by atoms with E-state index in [0.717, 1.165) is 12.8 Å². The van der Waals surface area contributed by atoms with Gasteiger partial charge in [0.1, 0.15) is 12.4 Å². The maximum atomic E-state index is 12.1. The van der Waals surface area contributed by atoms with Crippen molar-refractivity contribution in [3.8, 4) is 5.75 Å². The number of rotatable bonds is 9. The van der Waals surface area contributed by atoms with Crippen LogP contribution in [-0.4, -0.2) is 38.0 Å². The Labute approximate surface area is 168 Å². The standard InChI is InChI=1S/C21H23N3O5/c1-28-12-19(25)22-15-7-9-16(10-8-15)23-20(26)13-29-18-4-2-3-17(11-18)24-21(27)14-5-6-14/h2-4,7-11,14H,5-6,12-13H2,1H3,(H,22,25)(H,23,26)(H,24,27). The normalized spacial score (nSPS) is 12.7. The molecule has 0 aliphatic heterocycles. The second kappa shape index (κ2) is 9.70. The number of ether oxygens (including phenoxy) is 2. The molecular formula is C21H23N3O5. The van der Waals surface area contributed by atoms with Gasteiger partial charge in [-0.2, -0.15) is 0 Å². The molecule has 0 aromatic heterocycles. The van der Waals surface area contributed by atoms with Crippen molar-refractivity contribution >= 4 is 34.8 Å². The zero-order chi connectivity index (χ0) is 20.6. The molecule has 8 heteroatoms. The van der Waals surface area contributed by atoms with Gasteiger partial charge < -0.3 is 25.4 Å². The van der Waals surface area contributed by atoms with Crippen molar-refractivity contribution in [2.75, 3.05) is 36.3 Å². The highest BCUT2D eigenvalue weighted by Crippen LogP contribution is 2.30. The first-order valence-corrected chi connectivity index (χ1v) is 9.26. The number of methoxy groups -OCH3 is 1. The summed E-state index contributed by atoms with van der Waals surface area (Å²) in [6.45, 7) is -0.201. The summed E-state index contributed by atoms with van der Waals surface area (Å²) in [6, 6.07) is 13.6. The van der Waals surface area contributed by atoms with E-state index in [2.05, 4.69) is 16.0 Å². The third-order valence-electron chi connectivity index (χ3n) is 4.15. The van der Waals surface area contributed by atoms with Crippen LogP contribution < -0.4 is 20.7 Å². The maximum absolute atomic E-state index is 12.1. The van der Waals surface area contributed by atoms with Crippen LogP contribution in [0, 0.1) is 5.92 Å². The average molecular weight is 397 g/mol. The second-order valence-corrected chi connectivity index (χ2v) is 6.69. The molecule has 8 nitrogen and oxygen atoms in total. The molecule has 0 atom stereocenters. The lowest BCUT2D eigenvalue weighted by molar-refractivity contribution is -0.120. The second-order valence-electron chi connectivity index (χ2n) is 6.69. The van der Waals surface area contributed by atoms with Crippen LogP contribution in [0.15, 0.2) is 48.5 Å². The first kappa shape index (κ1) is 20.3. The third-order valence-corrected chi connectivity index (χ3v) is 4.15. The predicted octanol–water partition coefficient (Wildman–Crippen LogP) is 2.64. The lowest BCUT2D eigenvalue weighted by Gasteiger charge is -2.10. The summed E-state index contributed by atoms with van der Waals surface area (Å²) in [6.07, 6.45) is 1.87. The predicted molar refractivity (Wildman–Crippen MR) is 109 cm³/mol. The highest BCUT2D eigenvalue weighted by molar-refractivity contribution is 5.95. The molecule has 152 valence electrons. The Bertz CT molecular complexity index is 878. The first-order chi connectivity index (χ1) is 14.0. The molecule has 1 aliphatic carbocycles. The summed E-state index contributed by atoms with van der Waals surface area (Å²) in [5.41, 5.74) is 1.83. The Hall–Kier alpha value is -3.39. The Morgan fingerprint density at radius 2 is 1.48 bits per heavy atom. The zero-order valence-electron chi connectivity index (χ0n) is 16.1. The average Bonchev–Trinajstić information content (AvgIpc) is 3.54. The van der Waals surface area contributed by atoms with E-state index in [1.807, 2.05) is 0 Å². The fourth-order valence-corrected chi connectivity index (χ4v) is 2.56. The number of anilines is 3. The van der Waals surface area contributed by atoms with Crippen molar-refractivity contribution in [3.63, 3.8) is 0 Å². The molecule has 2 aromatic carbocycles. The van der Waals surface area contributed by atoms with Gasteiger partial charge in [-0.05, 0) is 49.2 Å². The van der Waals surface area contributed by atoms with Crippen molar-refractivity contribution in [2.24, 2.45) is 5.92 Å². The van der Waals surface area contributed by atoms with Gasteiger partial charge in [0.05, 0.1) is 0 Å². The van der Waals surface area contributed by atoms with Crippen LogP contribution in [0.4, 0.5) is 17.1 Å². The minimum atomic E-state index is -0.325. The number of carbonyl (C=O) groups is 3.